The van der Waals surface area contributed by atoms with Gasteiger partial charge in [-0.2, -0.15) is 4.31 Å². The van der Waals surface area contributed by atoms with Gasteiger partial charge < -0.3 is 5.73 Å². The molecule has 0 amide bonds. The van der Waals surface area contributed by atoms with E-state index >= 15 is 0 Å². The minimum atomic E-state index is -3.61. The van der Waals surface area contributed by atoms with Gasteiger partial charge in [0.2, 0.25) is 10.0 Å². The van der Waals surface area contributed by atoms with Crippen LogP contribution in [0.3, 0.4) is 0 Å². The van der Waals surface area contributed by atoms with E-state index in [-0.39, 0.29) is 21.8 Å². The number of nitrogens with zero attached hydrogens (tertiary/aromatic N) is 1. The molecule has 23 heavy (non-hydrogen) atoms. The molecule has 0 unspecified atom stereocenters. The minimum Gasteiger partial charge on any atom is -0.330 e. The van der Waals surface area contributed by atoms with Crippen molar-refractivity contribution in [2.75, 3.05) is 19.6 Å². The number of hydrogen-bond acceptors (Lipinski definition) is 3. The Morgan fingerprint density at radius 2 is 1.70 bits per heavy atom. The van der Waals surface area contributed by atoms with Crippen molar-refractivity contribution in [3.05, 3.63) is 65.2 Å². The lowest BCUT2D eigenvalue weighted by molar-refractivity contribution is 0.459. The number of benzene rings is 2. The molecule has 122 valence electrons. The molecular weight excluding hydrogens is 332 g/mol. The smallest absolute Gasteiger partial charge is 0.244 e. The van der Waals surface area contributed by atoms with Crippen molar-refractivity contribution in [3.8, 4) is 0 Å². The summed E-state index contributed by atoms with van der Waals surface area (Å²) in [5.74, 6) is 0.216. The zero-order valence-corrected chi connectivity index (χ0v) is 14.2. The Bertz CT molecular complexity index is 780. The van der Waals surface area contributed by atoms with Crippen LogP contribution in [0.1, 0.15) is 11.5 Å². The van der Waals surface area contributed by atoms with E-state index in [2.05, 4.69) is 0 Å². The van der Waals surface area contributed by atoms with Gasteiger partial charge in [-0.25, -0.2) is 8.42 Å². The van der Waals surface area contributed by atoms with E-state index in [0.29, 0.717) is 19.6 Å². The summed E-state index contributed by atoms with van der Waals surface area (Å²) in [6.07, 6.45) is 0. The van der Waals surface area contributed by atoms with Crippen LogP contribution in [-0.4, -0.2) is 32.4 Å². The van der Waals surface area contributed by atoms with Gasteiger partial charge in [0, 0.05) is 19.0 Å². The quantitative estimate of drug-likeness (QED) is 0.922. The summed E-state index contributed by atoms with van der Waals surface area (Å²) in [4.78, 5) is 0.158. The van der Waals surface area contributed by atoms with Crippen LogP contribution in [0.5, 0.6) is 0 Å². The lowest BCUT2D eigenvalue weighted by Crippen LogP contribution is -2.30. The molecule has 1 aliphatic heterocycles. The molecule has 0 aliphatic carbocycles. The second-order valence-electron chi connectivity index (χ2n) is 5.77. The Hall–Kier alpha value is -1.40. The van der Waals surface area contributed by atoms with E-state index in [0.717, 1.165) is 5.56 Å². The molecule has 3 rings (SSSR count). The first-order valence-corrected chi connectivity index (χ1v) is 9.35. The highest BCUT2D eigenvalue weighted by Crippen LogP contribution is 2.36. The predicted molar refractivity (Wildman–Crippen MR) is 91.9 cm³/mol. The number of nitrogens with two attached hydrogens (primary N) is 1. The summed E-state index contributed by atoms with van der Waals surface area (Å²) < 4.78 is 27.3. The highest BCUT2D eigenvalue weighted by molar-refractivity contribution is 7.89. The highest BCUT2D eigenvalue weighted by Gasteiger charge is 2.39. The molecule has 1 aliphatic rings. The fourth-order valence-electron chi connectivity index (χ4n) is 3.14. The largest absolute Gasteiger partial charge is 0.330 e. The average molecular weight is 351 g/mol. The summed E-state index contributed by atoms with van der Waals surface area (Å²) in [6, 6.07) is 16.5. The topological polar surface area (TPSA) is 63.4 Å². The Balaban J connectivity index is 1.92. The Kier molecular flexibility index (Phi) is 4.73. The van der Waals surface area contributed by atoms with Gasteiger partial charge in [0.1, 0.15) is 4.90 Å². The van der Waals surface area contributed by atoms with Crippen LogP contribution in [-0.2, 0) is 10.0 Å². The van der Waals surface area contributed by atoms with Crippen LogP contribution in [0.15, 0.2) is 59.5 Å². The molecule has 0 radical (unpaired) electrons. The summed E-state index contributed by atoms with van der Waals surface area (Å²) in [5.41, 5.74) is 7.01. The molecule has 1 heterocycles. The van der Waals surface area contributed by atoms with Crippen molar-refractivity contribution in [2.24, 2.45) is 11.7 Å². The molecule has 6 heteroatoms. The van der Waals surface area contributed by atoms with E-state index in [9.17, 15) is 8.42 Å². The molecule has 0 aromatic heterocycles. The molecule has 2 aromatic rings. The minimum absolute atomic E-state index is 0.106. The monoisotopic (exact) mass is 350 g/mol. The van der Waals surface area contributed by atoms with Crippen molar-refractivity contribution >= 4 is 21.6 Å². The van der Waals surface area contributed by atoms with Gasteiger partial charge in [0.15, 0.2) is 0 Å². The third-order valence-electron chi connectivity index (χ3n) is 4.39. The molecule has 0 spiro atoms. The highest BCUT2D eigenvalue weighted by atomic mass is 35.5. The lowest BCUT2D eigenvalue weighted by Gasteiger charge is -2.17. The molecule has 0 saturated carbocycles. The molecule has 4 nitrogen and oxygen atoms in total. The zero-order chi connectivity index (χ0) is 16.4. The maximum Gasteiger partial charge on any atom is 0.244 e. The van der Waals surface area contributed by atoms with Crippen LogP contribution in [0.2, 0.25) is 5.02 Å². The van der Waals surface area contributed by atoms with Crippen LogP contribution in [0.25, 0.3) is 0 Å². The van der Waals surface area contributed by atoms with Gasteiger partial charge >= 0.3 is 0 Å². The molecule has 1 saturated heterocycles. The Morgan fingerprint density at radius 3 is 2.35 bits per heavy atom. The van der Waals surface area contributed by atoms with Gasteiger partial charge in [0.05, 0.1) is 5.02 Å². The average Bonchev–Trinajstić information content (AvgIpc) is 3.01. The third-order valence-corrected chi connectivity index (χ3v) is 6.72. The first-order chi connectivity index (χ1) is 11.0. The second kappa shape index (κ2) is 6.61. The maximum atomic E-state index is 12.9. The Labute approximate surface area is 141 Å². The summed E-state index contributed by atoms with van der Waals surface area (Å²) in [7, 11) is -3.61. The molecule has 2 atom stereocenters. The lowest BCUT2D eigenvalue weighted by atomic mass is 9.89. The second-order valence-corrected chi connectivity index (χ2v) is 8.08. The van der Waals surface area contributed by atoms with E-state index in [1.807, 2.05) is 30.3 Å². The SMILES string of the molecule is NC[C@@H]1CN(S(=O)(=O)c2ccccc2Cl)C[C@H]1c1ccccc1. The van der Waals surface area contributed by atoms with Crippen molar-refractivity contribution in [1.82, 2.24) is 4.31 Å². The van der Waals surface area contributed by atoms with E-state index < -0.39 is 10.0 Å². The molecule has 2 aromatic carbocycles. The summed E-state index contributed by atoms with van der Waals surface area (Å²) in [6.45, 7) is 1.30. The van der Waals surface area contributed by atoms with Crippen molar-refractivity contribution in [2.45, 2.75) is 10.8 Å². The van der Waals surface area contributed by atoms with E-state index in [1.54, 1.807) is 24.3 Å². The van der Waals surface area contributed by atoms with Crippen LogP contribution in [0, 0.1) is 5.92 Å². The van der Waals surface area contributed by atoms with Crippen molar-refractivity contribution < 1.29 is 8.42 Å². The summed E-state index contributed by atoms with van der Waals surface area (Å²) >= 11 is 6.08. The van der Waals surface area contributed by atoms with Crippen molar-refractivity contribution in [1.29, 1.82) is 0 Å². The number of rotatable bonds is 4. The van der Waals surface area contributed by atoms with E-state index in [4.69, 9.17) is 17.3 Å². The maximum absolute atomic E-state index is 12.9. The molecule has 2 N–H and O–H groups in total. The first kappa shape index (κ1) is 16.5. The standard InChI is InChI=1S/C17H19ClN2O2S/c18-16-8-4-5-9-17(16)23(21,22)20-11-14(10-19)15(12-20)13-6-2-1-3-7-13/h1-9,14-15H,10-12,19H2/t14-,15+/m1/s1. The fraction of sp³-hybridized carbons (Fsp3) is 0.294. The number of sulfonamides is 1. The molecule has 1 fully saturated rings. The normalized spacial score (nSPS) is 22.3. The van der Waals surface area contributed by atoms with Crippen LogP contribution in [0.4, 0.5) is 0 Å². The van der Waals surface area contributed by atoms with Gasteiger partial charge in [-0.15, -0.1) is 0 Å². The van der Waals surface area contributed by atoms with Gasteiger partial charge in [-0.1, -0.05) is 54.1 Å². The number of halogens is 1. The van der Waals surface area contributed by atoms with Gasteiger partial charge in [0.25, 0.3) is 0 Å². The summed E-state index contributed by atoms with van der Waals surface area (Å²) in [5, 5.41) is 0.250. The van der Waals surface area contributed by atoms with Crippen LogP contribution < -0.4 is 5.73 Å². The number of hydrogen-bond donors (Lipinski definition) is 1. The molecule has 0 bridgehead atoms. The third kappa shape index (κ3) is 3.15. The van der Waals surface area contributed by atoms with Crippen LogP contribution >= 0.6 is 11.6 Å². The van der Waals surface area contributed by atoms with Gasteiger partial charge in [-0.3, -0.25) is 0 Å². The zero-order valence-electron chi connectivity index (χ0n) is 12.6. The molecular formula is C17H19ClN2O2S. The van der Waals surface area contributed by atoms with Crippen molar-refractivity contribution in [3.63, 3.8) is 0 Å². The fourth-order valence-corrected chi connectivity index (χ4v) is 5.15. The van der Waals surface area contributed by atoms with E-state index in [1.165, 1.54) is 4.31 Å². The first-order valence-electron chi connectivity index (χ1n) is 7.53. The predicted octanol–water partition coefficient (Wildman–Crippen LogP) is 2.70. The Morgan fingerprint density at radius 1 is 1.04 bits per heavy atom. The van der Waals surface area contributed by atoms with Gasteiger partial charge in [-0.05, 0) is 30.2 Å².